The first-order chi connectivity index (χ1) is 18.8. The van der Waals surface area contributed by atoms with Crippen molar-refractivity contribution in [3.8, 4) is 0 Å². The summed E-state index contributed by atoms with van der Waals surface area (Å²) in [6.45, 7) is 4.95. The predicted octanol–water partition coefficient (Wildman–Crippen LogP) is 4.69. The van der Waals surface area contributed by atoms with Crippen molar-refractivity contribution in [1.82, 2.24) is 15.1 Å². The van der Waals surface area contributed by atoms with E-state index in [4.69, 9.17) is 5.73 Å². The number of nitrogen functional groups attached to an aromatic ring is 1. The lowest BCUT2D eigenvalue weighted by Gasteiger charge is -2.32. The summed E-state index contributed by atoms with van der Waals surface area (Å²) in [5.74, 6) is -2.32. The third-order valence-corrected chi connectivity index (χ3v) is 6.83. The molecular formula is C29H34F2N6O2. The summed E-state index contributed by atoms with van der Waals surface area (Å²) in [6, 6.07) is 16.3. The Balaban J connectivity index is 1.42. The zero-order chi connectivity index (χ0) is 27.8. The van der Waals surface area contributed by atoms with Crippen LogP contribution in [0.15, 0.2) is 66.7 Å². The molecule has 0 radical (unpaired) electrons. The van der Waals surface area contributed by atoms with Crippen LogP contribution in [0.5, 0.6) is 0 Å². The molecule has 1 unspecified atom stereocenters. The molecule has 0 spiro atoms. The number of para-hydroxylation sites is 2. The molecule has 8 nitrogen and oxygen atoms in total. The van der Waals surface area contributed by atoms with E-state index in [1.807, 2.05) is 12.1 Å². The third kappa shape index (κ3) is 7.98. The predicted molar refractivity (Wildman–Crippen MR) is 150 cm³/mol. The lowest BCUT2D eigenvalue weighted by atomic mass is 10.00. The van der Waals surface area contributed by atoms with Gasteiger partial charge in [0.1, 0.15) is 0 Å². The van der Waals surface area contributed by atoms with Crippen LogP contribution in [0.3, 0.4) is 0 Å². The Kier molecular flexibility index (Phi) is 9.45. The summed E-state index contributed by atoms with van der Waals surface area (Å²) < 4.78 is 26.9. The van der Waals surface area contributed by atoms with Crippen LogP contribution in [0, 0.1) is 11.6 Å². The molecule has 1 saturated heterocycles. The molecule has 0 aromatic heterocycles. The highest BCUT2D eigenvalue weighted by atomic mass is 19.2. The summed E-state index contributed by atoms with van der Waals surface area (Å²) in [4.78, 5) is 30.2. The number of nitrogens with two attached hydrogens (primary N) is 1. The fraction of sp³-hybridized carbons (Fsp3) is 0.310. The van der Waals surface area contributed by atoms with Gasteiger partial charge < -0.3 is 31.5 Å². The van der Waals surface area contributed by atoms with Gasteiger partial charge in [-0.05, 0) is 68.4 Å². The Hall–Kier alpha value is -4.02. The molecule has 5 N–H and O–H groups in total. The number of nitrogens with zero attached hydrogens (tertiary/aromatic N) is 2. The highest BCUT2D eigenvalue weighted by Crippen LogP contribution is 2.22. The van der Waals surface area contributed by atoms with Gasteiger partial charge in [0.15, 0.2) is 11.6 Å². The number of benzene rings is 3. The van der Waals surface area contributed by atoms with Crippen LogP contribution in [-0.2, 0) is 0 Å². The molecule has 0 aliphatic carbocycles. The Labute approximate surface area is 227 Å². The van der Waals surface area contributed by atoms with Crippen molar-refractivity contribution in [1.29, 1.82) is 0 Å². The largest absolute Gasteiger partial charge is 0.397 e. The number of carbonyl (C=O) groups is 2. The van der Waals surface area contributed by atoms with Crippen LogP contribution >= 0.6 is 0 Å². The molecular weight excluding hydrogens is 502 g/mol. The standard InChI is InChI=1S/C29H34F2N6O2/c1-36-15-17-37(18-16-36)14-4-7-26(35-29(39)33-22-12-13-23(30)24(31)19-22)20-8-10-21(11-9-20)28(38)34-27-6-3-2-5-25(27)32/h2-3,5-6,8-13,19,26H,4,7,14-18,32H2,1H3,(H,34,38)(H2,33,35,39). The molecule has 39 heavy (non-hydrogen) atoms. The van der Waals surface area contributed by atoms with Crippen LogP contribution < -0.4 is 21.7 Å². The molecule has 10 heteroatoms. The summed E-state index contributed by atoms with van der Waals surface area (Å²) in [5, 5.41) is 8.32. The number of halogens is 2. The molecule has 1 aliphatic heterocycles. The fourth-order valence-corrected chi connectivity index (χ4v) is 4.48. The number of nitrogens with one attached hydrogen (secondary N) is 3. The van der Waals surface area contributed by atoms with Crippen molar-refractivity contribution in [3.63, 3.8) is 0 Å². The molecule has 3 aromatic carbocycles. The van der Waals surface area contributed by atoms with E-state index in [-0.39, 0.29) is 17.6 Å². The molecule has 1 aliphatic rings. The fourth-order valence-electron chi connectivity index (χ4n) is 4.48. The molecule has 1 fully saturated rings. The Morgan fingerprint density at radius 1 is 0.923 bits per heavy atom. The lowest BCUT2D eigenvalue weighted by Crippen LogP contribution is -2.44. The van der Waals surface area contributed by atoms with Crippen molar-refractivity contribution in [2.45, 2.75) is 18.9 Å². The van der Waals surface area contributed by atoms with Crippen molar-refractivity contribution in [2.24, 2.45) is 0 Å². The Morgan fingerprint density at radius 2 is 1.64 bits per heavy atom. The molecule has 1 atom stereocenters. The second-order valence-electron chi connectivity index (χ2n) is 9.73. The van der Waals surface area contributed by atoms with E-state index >= 15 is 0 Å². The zero-order valence-corrected chi connectivity index (χ0v) is 21.9. The van der Waals surface area contributed by atoms with Crippen LogP contribution in [-0.4, -0.2) is 61.5 Å². The summed E-state index contributed by atoms with van der Waals surface area (Å²) in [6.07, 6.45) is 1.50. The minimum Gasteiger partial charge on any atom is -0.397 e. The van der Waals surface area contributed by atoms with Crippen molar-refractivity contribution in [3.05, 3.63) is 89.5 Å². The topological polar surface area (TPSA) is 103 Å². The van der Waals surface area contributed by atoms with Gasteiger partial charge >= 0.3 is 6.03 Å². The second kappa shape index (κ2) is 13.2. The smallest absolute Gasteiger partial charge is 0.319 e. The lowest BCUT2D eigenvalue weighted by molar-refractivity contribution is 0.102. The highest BCUT2D eigenvalue weighted by Gasteiger charge is 2.19. The number of likely N-dealkylation sites (N-methyl/N-ethyl adjacent to an activating group) is 1. The maximum atomic E-state index is 13.6. The maximum absolute atomic E-state index is 13.6. The average Bonchev–Trinajstić information content (AvgIpc) is 2.92. The third-order valence-electron chi connectivity index (χ3n) is 6.83. The Bertz CT molecular complexity index is 1280. The number of rotatable bonds is 9. The molecule has 4 rings (SSSR count). The zero-order valence-electron chi connectivity index (χ0n) is 21.9. The number of piperazine rings is 1. The molecule has 206 valence electrons. The molecule has 0 bridgehead atoms. The maximum Gasteiger partial charge on any atom is 0.319 e. The van der Waals surface area contributed by atoms with Crippen LogP contribution in [0.4, 0.5) is 30.6 Å². The Morgan fingerprint density at radius 3 is 2.33 bits per heavy atom. The van der Waals surface area contributed by atoms with Crippen molar-refractivity contribution >= 4 is 29.0 Å². The number of anilines is 3. The van der Waals surface area contributed by atoms with Crippen molar-refractivity contribution in [2.75, 3.05) is 56.1 Å². The van der Waals surface area contributed by atoms with Gasteiger partial charge in [0.05, 0.1) is 17.4 Å². The van der Waals surface area contributed by atoms with Crippen molar-refractivity contribution < 1.29 is 18.4 Å². The van der Waals surface area contributed by atoms with E-state index < -0.39 is 17.7 Å². The summed E-state index contributed by atoms with van der Waals surface area (Å²) in [7, 11) is 2.11. The van der Waals surface area contributed by atoms with E-state index in [1.54, 1.807) is 36.4 Å². The quantitative estimate of drug-likeness (QED) is 0.297. The van der Waals surface area contributed by atoms with Gasteiger partial charge in [-0.3, -0.25) is 4.79 Å². The number of amides is 3. The minimum absolute atomic E-state index is 0.148. The molecule has 1 heterocycles. The van der Waals surface area contributed by atoms with E-state index in [1.165, 1.54) is 6.07 Å². The van der Waals surface area contributed by atoms with Gasteiger partial charge in [0, 0.05) is 43.5 Å². The normalized spacial score (nSPS) is 14.9. The average molecular weight is 537 g/mol. The van der Waals surface area contributed by atoms with Gasteiger partial charge in [-0.25, -0.2) is 13.6 Å². The second-order valence-corrected chi connectivity index (χ2v) is 9.73. The monoisotopic (exact) mass is 536 g/mol. The minimum atomic E-state index is -1.04. The summed E-state index contributed by atoms with van der Waals surface area (Å²) >= 11 is 0. The number of carbonyl (C=O) groups excluding carboxylic acids is 2. The number of urea groups is 1. The van der Waals surface area contributed by atoms with Crippen LogP contribution in [0.2, 0.25) is 0 Å². The highest BCUT2D eigenvalue weighted by molar-refractivity contribution is 6.05. The summed E-state index contributed by atoms with van der Waals surface area (Å²) in [5.41, 5.74) is 8.35. The first-order valence-electron chi connectivity index (χ1n) is 13.0. The molecule has 3 aromatic rings. The van der Waals surface area contributed by atoms with Gasteiger partial charge in [-0.15, -0.1) is 0 Å². The van der Waals surface area contributed by atoms with Crippen LogP contribution in [0.25, 0.3) is 0 Å². The van der Waals surface area contributed by atoms with E-state index in [0.29, 0.717) is 23.4 Å². The van der Waals surface area contributed by atoms with Gasteiger partial charge in [0.25, 0.3) is 5.91 Å². The van der Waals surface area contributed by atoms with E-state index in [0.717, 1.165) is 56.8 Å². The van der Waals surface area contributed by atoms with E-state index in [9.17, 15) is 18.4 Å². The van der Waals surface area contributed by atoms with Gasteiger partial charge in [0.2, 0.25) is 0 Å². The molecule has 3 amide bonds. The SMILES string of the molecule is CN1CCN(CCCC(NC(=O)Nc2ccc(F)c(F)c2)c2ccc(C(=O)Nc3ccccc3N)cc2)CC1. The number of hydrogen-bond acceptors (Lipinski definition) is 5. The first kappa shape index (κ1) is 28.0. The number of hydrogen-bond donors (Lipinski definition) is 4. The molecule has 0 saturated carbocycles. The van der Waals surface area contributed by atoms with Gasteiger partial charge in [-0.2, -0.15) is 0 Å². The van der Waals surface area contributed by atoms with E-state index in [2.05, 4.69) is 32.8 Å². The van der Waals surface area contributed by atoms with Crippen LogP contribution in [0.1, 0.15) is 34.8 Å². The first-order valence-corrected chi connectivity index (χ1v) is 13.0. The van der Waals surface area contributed by atoms with Gasteiger partial charge in [-0.1, -0.05) is 24.3 Å².